The van der Waals surface area contributed by atoms with Crippen LogP contribution < -0.4 is 19.7 Å². The first-order chi connectivity index (χ1) is 24.9. The SMILES string of the molecule is COc1ccc([Si](C)(C)[C@@H]2[C@@H](CC(=O)N3CCC[C@H]3CO)O[C@]3(C(=O)N(Cc4ccc(N5C(=O)CC5OC(C)=O)cc4)c4ccccc43)[C@H]2C)cc1. The van der Waals surface area contributed by atoms with Crippen LogP contribution in [-0.2, 0) is 40.8 Å². The number of nitrogens with zero attached hydrogens (tertiary/aromatic N) is 3. The summed E-state index contributed by atoms with van der Waals surface area (Å²) in [4.78, 5) is 58.0. The predicted octanol–water partition coefficient (Wildman–Crippen LogP) is 4.46. The van der Waals surface area contributed by atoms with Gasteiger partial charge >= 0.3 is 5.97 Å². The number of carbonyl (C=O) groups excluding carboxylic acids is 4. The molecule has 4 aliphatic rings. The molecular formula is C40H47N3O8Si. The van der Waals surface area contributed by atoms with E-state index in [1.165, 1.54) is 17.0 Å². The van der Waals surface area contributed by atoms with Gasteiger partial charge in [0.05, 0.1) is 59.0 Å². The van der Waals surface area contributed by atoms with Gasteiger partial charge in [0.15, 0.2) is 11.8 Å². The van der Waals surface area contributed by atoms with E-state index >= 15 is 4.79 Å². The molecule has 1 N–H and O–H groups in total. The largest absolute Gasteiger partial charge is 0.497 e. The molecule has 0 aliphatic carbocycles. The molecule has 52 heavy (non-hydrogen) atoms. The highest BCUT2D eigenvalue weighted by molar-refractivity contribution is 6.91. The van der Waals surface area contributed by atoms with Crippen molar-refractivity contribution in [2.24, 2.45) is 5.92 Å². The Morgan fingerprint density at radius 1 is 1.02 bits per heavy atom. The van der Waals surface area contributed by atoms with E-state index in [1.54, 1.807) is 29.0 Å². The number of aliphatic hydroxyl groups excluding tert-OH is 1. The fraction of sp³-hybridized carbons (Fsp3) is 0.450. The Hall–Kier alpha value is -4.52. The average Bonchev–Trinajstić information content (AvgIpc) is 3.79. The third-order valence-corrected chi connectivity index (χ3v) is 16.1. The summed E-state index contributed by atoms with van der Waals surface area (Å²) in [6.45, 7) is 8.82. The first-order valence-corrected chi connectivity index (χ1v) is 21.2. The Morgan fingerprint density at radius 2 is 1.73 bits per heavy atom. The summed E-state index contributed by atoms with van der Waals surface area (Å²) in [6, 6.07) is 23.1. The maximum atomic E-state index is 15.1. The molecule has 4 aliphatic heterocycles. The summed E-state index contributed by atoms with van der Waals surface area (Å²) in [5, 5.41) is 11.2. The van der Waals surface area contributed by atoms with Gasteiger partial charge in [0.25, 0.3) is 5.91 Å². The number of hydrogen-bond acceptors (Lipinski definition) is 8. The number of amides is 3. The van der Waals surface area contributed by atoms with Gasteiger partial charge in [-0.05, 0) is 54.3 Å². The highest BCUT2D eigenvalue weighted by atomic mass is 28.3. The van der Waals surface area contributed by atoms with E-state index in [4.69, 9.17) is 14.2 Å². The number of para-hydroxylation sites is 1. The van der Waals surface area contributed by atoms with Gasteiger partial charge in [-0.25, -0.2) is 0 Å². The molecule has 7 rings (SSSR count). The lowest BCUT2D eigenvalue weighted by molar-refractivity contribution is -0.154. The highest BCUT2D eigenvalue weighted by Crippen LogP contribution is 2.60. The zero-order chi connectivity index (χ0) is 36.9. The number of anilines is 2. The van der Waals surface area contributed by atoms with Crippen molar-refractivity contribution in [1.82, 2.24) is 4.90 Å². The summed E-state index contributed by atoms with van der Waals surface area (Å²) in [7, 11) is -0.808. The standard InChI is InChI=1S/C40H47N3O8Si/c1-25-38(52(4,5)31-18-16-30(49-3)17-19-31)34(21-35(46)41-20-8-9-29(41)24-44)51-40(25)32-10-6-7-11-33(32)42(39(40)48)23-27-12-14-28(15-13-27)43-36(47)22-37(43)50-26(2)45/h6-7,10-19,25,29,34,37-38,44H,8-9,20-24H2,1-5H3/t25-,29-,34+,37?,38-,40+/m0/s1. The summed E-state index contributed by atoms with van der Waals surface area (Å²) in [5.74, 6) is -0.289. The molecule has 3 aromatic rings. The second kappa shape index (κ2) is 13.8. The Morgan fingerprint density at radius 3 is 2.38 bits per heavy atom. The number of rotatable bonds is 10. The van der Waals surface area contributed by atoms with E-state index in [1.807, 2.05) is 48.5 Å². The van der Waals surface area contributed by atoms with E-state index in [2.05, 4.69) is 32.2 Å². The number of β-lactam (4-membered cyclic amide) rings is 1. The normalized spacial score (nSPS) is 26.9. The molecule has 274 valence electrons. The highest BCUT2D eigenvalue weighted by Gasteiger charge is 2.66. The molecule has 0 saturated carbocycles. The van der Waals surface area contributed by atoms with Crippen LogP contribution in [0.25, 0.3) is 0 Å². The summed E-state index contributed by atoms with van der Waals surface area (Å²) in [5.41, 5.74) is 1.64. The second-order valence-electron chi connectivity index (χ2n) is 15.0. The number of carbonyl (C=O) groups is 4. The number of ether oxygens (including phenoxy) is 3. The lowest BCUT2D eigenvalue weighted by Crippen LogP contribution is -2.54. The first kappa shape index (κ1) is 35.9. The van der Waals surface area contributed by atoms with Crippen LogP contribution in [0.5, 0.6) is 5.75 Å². The summed E-state index contributed by atoms with van der Waals surface area (Å²) >= 11 is 0. The van der Waals surface area contributed by atoms with E-state index in [0.29, 0.717) is 12.2 Å². The number of methoxy groups -OCH3 is 1. The average molecular weight is 726 g/mol. The van der Waals surface area contributed by atoms with Gasteiger partial charge in [-0.3, -0.25) is 24.1 Å². The van der Waals surface area contributed by atoms with E-state index in [-0.39, 0.29) is 61.2 Å². The molecule has 1 spiro atoms. The van der Waals surface area contributed by atoms with E-state index in [9.17, 15) is 19.5 Å². The molecule has 3 saturated heterocycles. The molecule has 0 radical (unpaired) electrons. The summed E-state index contributed by atoms with van der Waals surface area (Å²) < 4.78 is 17.9. The topological polar surface area (TPSA) is 126 Å². The van der Waals surface area contributed by atoms with Gasteiger partial charge in [-0.1, -0.05) is 67.7 Å². The number of benzene rings is 3. The molecule has 1 unspecified atom stereocenters. The number of likely N-dealkylation sites (tertiary alicyclic amines) is 1. The van der Waals surface area contributed by atoms with Gasteiger partial charge in [-0.2, -0.15) is 0 Å². The van der Waals surface area contributed by atoms with Crippen LogP contribution in [0.15, 0.2) is 72.8 Å². The Balaban J connectivity index is 1.22. The molecule has 3 aromatic carbocycles. The van der Waals surface area contributed by atoms with Crippen molar-refractivity contribution in [3.05, 3.63) is 83.9 Å². The molecule has 4 heterocycles. The maximum Gasteiger partial charge on any atom is 0.304 e. The molecule has 0 aromatic heterocycles. The minimum atomic E-state index is -2.45. The minimum absolute atomic E-state index is 0.0531. The van der Waals surface area contributed by atoms with Crippen LogP contribution >= 0.6 is 0 Å². The van der Waals surface area contributed by atoms with Gasteiger partial charge < -0.3 is 29.1 Å². The number of fused-ring (bicyclic) bond motifs is 2. The van der Waals surface area contributed by atoms with Crippen LogP contribution in [0.1, 0.15) is 50.7 Å². The molecule has 3 fully saturated rings. The van der Waals surface area contributed by atoms with Gasteiger partial charge in [0.1, 0.15) is 5.75 Å². The van der Waals surface area contributed by atoms with Gasteiger partial charge in [0, 0.05) is 30.6 Å². The first-order valence-electron chi connectivity index (χ1n) is 18.1. The fourth-order valence-corrected chi connectivity index (χ4v) is 13.2. The van der Waals surface area contributed by atoms with E-state index in [0.717, 1.165) is 35.4 Å². The lowest BCUT2D eigenvalue weighted by atomic mass is 9.82. The number of hydrogen-bond donors (Lipinski definition) is 1. The smallest absolute Gasteiger partial charge is 0.304 e. The quantitative estimate of drug-likeness (QED) is 0.185. The lowest BCUT2D eigenvalue weighted by Gasteiger charge is -2.39. The zero-order valence-electron chi connectivity index (χ0n) is 30.4. The monoisotopic (exact) mass is 725 g/mol. The van der Waals surface area contributed by atoms with Crippen LogP contribution in [0.2, 0.25) is 18.6 Å². The van der Waals surface area contributed by atoms with Crippen molar-refractivity contribution in [1.29, 1.82) is 0 Å². The van der Waals surface area contributed by atoms with Crippen molar-refractivity contribution in [2.45, 2.75) is 88.7 Å². The second-order valence-corrected chi connectivity index (χ2v) is 19.7. The Labute approximate surface area is 305 Å². The third kappa shape index (κ3) is 5.90. The van der Waals surface area contributed by atoms with Crippen molar-refractivity contribution >= 4 is 48.3 Å². The zero-order valence-corrected chi connectivity index (χ0v) is 31.4. The van der Waals surface area contributed by atoms with Crippen LogP contribution in [0, 0.1) is 5.92 Å². The molecule has 6 atom stereocenters. The number of esters is 1. The summed E-state index contributed by atoms with van der Waals surface area (Å²) in [6.07, 6.45) is 0.740. The molecule has 12 heteroatoms. The Kier molecular flexibility index (Phi) is 9.51. The van der Waals surface area contributed by atoms with Gasteiger partial charge in [0.2, 0.25) is 11.8 Å². The van der Waals surface area contributed by atoms with Crippen molar-refractivity contribution in [3.8, 4) is 5.75 Å². The van der Waals surface area contributed by atoms with Crippen LogP contribution in [0.3, 0.4) is 0 Å². The molecule has 0 bridgehead atoms. The van der Waals surface area contributed by atoms with Crippen LogP contribution in [-0.4, -0.2) is 80.4 Å². The molecule has 11 nitrogen and oxygen atoms in total. The number of aliphatic hydroxyl groups is 1. The Bertz CT molecular complexity index is 1870. The third-order valence-electron chi connectivity index (χ3n) is 11.8. The molecular weight excluding hydrogens is 679 g/mol. The van der Waals surface area contributed by atoms with Crippen molar-refractivity contribution in [3.63, 3.8) is 0 Å². The predicted molar refractivity (Wildman–Crippen MR) is 198 cm³/mol. The van der Waals surface area contributed by atoms with E-state index < -0.39 is 32.0 Å². The van der Waals surface area contributed by atoms with Gasteiger partial charge in [-0.15, -0.1) is 0 Å². The van der Waals surface area contributed by atoms with Crippen molar-refractivity contribution in [2.75, 3.05) is 30.1 Å². The van der Waals surface area contributed by atoms with Crippen LogP contribution in [0.4, 0.5) is 11.4 Å². The maximum absolute atomic E-state index is 15.1. The minimum Gasteiger partial charge on any atom is -0.497 e. The van der Waals surface area contributed by atoms with Crippen molar-refractivity contribution < 1.29 is 38.5 Å². The molecule has 3 amide bonds. The fourth-order valence-electron chi connectivity index (χ4n) is 9.20.